The third-order valence-corrected chi connectivity index (χ3v) is 7.81. The van der Waals surface area contributed by atoms with Crippen LogP contribution in [0.3, 0.4) is 0 Å². The number of likely N-dealkylation sites (tertiary alicyclic amines) is 1. The lowest BCUT2D eigenvalue weighted by Gasteiger charge is -2.36. The second kappa shape index (κ2) is 11.8. The van der Waals surface area contributed by atoms with Crippen LogP contribution in [0, 0.1) is 5.92 Å². The number of nitrogens with zero attached hydrogens (tertiary/aromatic N) is 2. The zero-order chi connectivity index (χ0) is 25.6. The molecular formula is C31H34ClN3O2. The van der Waals surface area contributed by atoms with Gasteiger partial charge >= 0.3 is 0 Å². The fraction of sp³-hybridized carbons (Fsp3) is 0.355. The normalized spacial score (nSPS) is 16.5. The second-order valence-electron chi connectivity index (χ2n) is 10.2. The Kier molecular flexibility index (Phi) is 8.10. The van der Waals surface area contributed by atoms with Gasteiger partial charge in [0.1, 0.15) is 0 Å². The molecule has 2 saturated heterocycles. The number of amides is 2. The first-order chi connectivity index (χ1) is 18.1. The highest BCUT2D eigenvalue weighted by atomic mass is 35.5. The Bertz CT molecular complexity index is 1210. The van der Waals surface area contributed by atoms with Crippen LogP contribution in [0.15, 0.2) is 72.8 Å². The molecule has 2 aliphatic rings. The van der Waals surface area contributed by atoms with E-state index in [2.05, 4.69) is 40.5 Å². The van der Waals surface area contributed by atoms with Gasteiger partial charge in [0.15, 0.2) is 0 Å². The van der Waals surface area contributed by atoms with Gasteiger partial charge in [0.05, 0.1) is 5.56 Å². The number of hydrogen-bond donors (Lipinski definition) is 1. The first-order valence-corrected chi connectivity index (χ1v) is 13.7. The van der Waals surface area contributed by atoms with Crippen molar-refractivity contribution >= 4 is 34.8 Å². The van der Waals surface area contributed by atoms with Crippen LogP contribution in [0.2, 0.25) is 5.02 Å². The molecular weight excluding hydrogens is 482 g/mol. The fourth-order valence-electron chi connectivity index (χ4n) is 5.46. The summed E-state index contributed by atoms with van der Waals surface area (Å²) in [5, 5.41) is 3.56. The van der Waals surface area contributed by atoms with Crippen molar-refractivity contribution in [3.8, 4) is 0 Å². The molecule has 6 heteroatoms. The zero-order valence-corrected chi connectivity index (χ0v) is 21.9. The van der Waals surface area contributed by atoms with Gasteiger partial charge in [-0.25, -0.2) is 0 Å². The monoisotopic (exact) mass is 515 g/mol. The van der Waals surface area contributed by atoms with Crippen LogP contribution in [0.5, 0.6) is 0 Å². The van der Waals surface area contributed by atoms with Crippen LogP contribution in [0.25, 0.3) is 0 Å². The summed E-state index contributed by atoms with van der Waals surface area (Å²) in [5.74, 6) is 0.490. The first-order valence-electron chi connectivity index (χ1n) is 13.4. The summed E-state index contributed by atoms with van der Waals surface area (Å²) in [6, 6.07) is 23.3. The first kappa shape index (κ1) is 25.3. The topological polar surface area (TPSA) is 52.7 Å². The molecule has 0 aromatic heterocycles. The molecule has 2 aliphatic heterocycles. The van der Waals surface area contributed by atoms with Crippen molar-refractivity contribution in [3.05, 3.63) is 94.5 Å². The molecule has 2 fully saturated rings. The highest BCUT2D eigenvalue weighted by molar-refractivity contribution is 6.30. The van der Waals surface area contributed by atoms with Gasteiger partial charge in [-0.1, -0.05) is 41.9 Å². The second-order valence-corrected chi connectivity index (χ2v) is 10.6. The number of anilines is 2. The van der Waals surface area contributed by atoms with Crippen molar-refractivity contribution in [1.29, 1.82) is 0 Å². The Hall–Kier alpha value is -3.31. The van der Waals surface area contributed by atoms with E-state index >= 15 is 0 Å². The van der Waals surface area contributed by atoms with E-state index in [0.29, 0.717) is 27.8 Å². The number of nitrogens with one attached hydrogen (secondary N) is 1. The molecule has 1 N–H and O–H groups in total. The predicted octanol–water partition coefficient (Wildman–Crippen LogP) is 6.68. The van der Waals surface area contributed by atoms with Crippen LogP contribution in [-0.4, -0.2) is 42.9 Å². The summed E-state index contributed by atoms with van der Waals surface area (Å²) in [7, 11) is 0. The van der Waals surface area contributed by atoms with Gasteiger partial charge in [0.25, 0.3) is 11.8 Å². The Morgan fingerprint density at radius 3 is 2.24 bits per heavy atom. The SMILES string of the molecule is O=C(Nc1ccc(N2CCC(Cc3ccccc3)CC2)c(C(=O)N2CCCCC2)c1)c1ccc(Cl)cc1. The maximum atomic E-state index is 13.7. The van der Waals surface area contributed by atoms with Crippen molar-refractivity contribution in [1.82, 2.24) is 4.90 Å². The molecule has 3 aromatic rings. The van der Waals surface area contributed by atoms with E-state index < -0.39 is 0 Å². The lowest BCUT2D eigenvalue weighted by atomic mass is 9.89. The molecule has 5 rings (SSSR count). The predicted molar refractivity (Wildman–Crippen MR) is 151 cm³/mol. The fourth-order valence-corrected chi connectivity index (χ4v) is 5.58. The van der Waals surface area contributed by atoms with E-state index in [0.717, 1.165) is 64.0 Å². The highest BCUT2D eigenvalue weighted by Gasteiger charge is 2.26. The summed E-state index contributed by atoms with van der Waals surface area (Å²) in [5.41, 5.74) is 4.19. The average molecular weight is 516 g/mol. The van der Waals surface area contributed by atoms with Gasteiger partial charge in [-0.15, -0.1) is 0 Å². The van der Waals surface area contributed by atoms with Crippen molar-refractivity contribution in [2.45, 2.75) is 38.5 Å². The minimum absolute atomic E-state index is 0.0590. The number of hydrogen-bond acceptors (Lipinski definition) is 3. The molecule has 192 valence electrons. The van der Waals surface area contributed by atoms with Crippen molar-refractivity contribution < 1.29 is 9.59 Å². The number of benzene rings is 3. The van der Waals surface area contributed by atoms with Crippen molar-refractivity contribution in [3.63, 3.8) is 0 Å². The van der Waals surface area contributed by atoms with Crippen LogP contribution in [-0.2, 0) is 6.42 Å². The molecule has 2 heterocycles. The summed E-state index contributed by atoms with van der Waals surface area (Å²) >= 11 is 5.97. The third kappa shape index (κ3) is 6.34. The van der Waals surface area contributed by atoms with E-state index in [1.807, 2.05) is 23.1 Å². The molecule has 0 saturated carbocycles. The molecule has 0 bridgehead atoms. The van der Waals surface area contributed by atoms with Gasteiger partial charge in [-0.3, -0.25) is 9.59 Å². The van der Waals surface area contributed by atoms with Crippen LogP contribution < -0.4 is 10.2 Å². The highest BCUT2D eigenvalue weighted by Crippen LogP contribution is 2.31. The summed E-state index contributed by atoms with van der Waals surface area (Å²) in [6.07, 6.45) is 6.55. The maximum Gasteiger partial charge on any atom is 0.256 e. The quantitative estimate of drug-likeness (QED) is 0.398. The molecule has 0 atom stereocenters. The molecule has 0 aliphatic carbocycles. The van der Waals surface area contributed by atoms with Gasteiger partial charge in [-0.2, -0.15) is 0 Å². The average Bonchev–Trinajstić information content (AvgIpc) is 2.94. The molecule has 2 amide bonds. The Labute approximate surface area is 224 Å². The molecule has 0 spiro atoms. The third-order valence-electron chi connectivity index (χ3n) is 7.56. The standard InChI is InChI=1S/C31H34ClN3O2/c32-26-11-9-25(10-12-26)30(36)33-27-13-14-29(28(22-27)31(37)35-17-5-2-6-18-35)34-19-15-24(16-20-34)21-23-7-3-1-4-8-23/h1,3-4,7-14,22,24H,2,5-6,15-21H2,(H,33,36). The molecule has 5 nitrogen and oxygen atoms in total. The number of piperidine rings is 2. The van der Waals surface area contributed by atoms with Gasteiger partial charge in [-0.05, 0) is 92.5 Å². The number of carbonyl (C=O) groups excluding carboxylic acids is 2. The number of carbonyl (C=O) groups is 2. The van der Waals surface area contributed by atoms with Gasteiger partial charge < -0.3 is 15.1 Å². The van der Waals surface area contributed by atoms with Gasteiger partial charge in [0, 0.05) is 48.1 Å². The molecule has 0 radical (unpaired) electrons. The summed E-state index contributed by atoms with van der Waals surface area (Å²) < 4.78 is 0. The lowest BCUT2D eigenvalue weighted by Crippen LogP contribution is -2.39. The van der Waals surface area contributed by atoms with E-state index in [1.54, 1.807) is 24.3 Å². The smallest absolute Gasteiger partial charge is 0.256 e. The molecule has 3 aromatic carbocycles. The summed E-state index contributed by atoms with van der Waals surface area (Å²) in [6.45, 7) is 3.43. The van der Waals surface area contributed by atoms with Gasteiger partial charge in [0.2, 0.25) is 0 Å². The minimum Gasteiger partial charge on any atom is -0.371 e. The lowest BCUT2D eigenvalue weighted by molar-refractivity contribution is 0.0724. The van der Waals surface area contributed by atoms with Crippen molar-refractivity contribution in [2.75, 3.05) is 36.4 Å². The largest absolute Gasteiger partial charge is 0.371 e. The van der Waals surface area contributed by atoms with E-state index in [1.165, 1.54) is 12.0 Å². The summed E-state index contributed by atoms with van der Waals surface area (Å²) in [4.78, 5) is 30.8. The van der Waals surface area contributed by atoms with E-state index in [-0.39, 0.29) is 11.8 Å². The van der Waals surface area contributed by atoms with Crippen LogP contribution >= 0.6 is 11.6 Å². The van der Waals surface area contributed by atoms with E-state index in [4.69, 9.17) is 11.6 Å². The Balaban J connectivity index is 1.34. The van der Waals surface area contributed by atoms with Crippen LogP contribution in [0.1, 0.15) is 58.4 Å². The number of rotatable bonds is 6. The van der Waals surface area contributed by atoms with Crippen LogP contribution in [0.4, 0.5) is 11.4 Å². The van der Waals surface area contributed by atoms with Crippen molar-refractivity contribution in [2.24, 2.45) is 5.92 Å². The maximum absolute atomic E-state index is 13.7. The zero-order valence-electron chi connectivity index (χ0n) is 21.2. The minimum atomic E-state index is -0.220. The molecule has 37 heavy (non-hydrogen) atoms. The Morgan fingerprint density at radius 2 is 1.54 bits per heavy atom. The Morgan fingerprint density at radius 1 is 0.838 bits per heavy atom. The number of halogens is 1. The van der Waals surface area contributed by atoms with E-state index in [9.17, 15) is 9.59 Å². The molecule has 0 unspecified atom stereocenters.